The van der Waals surface area contributed by atoms with Gasteiger partial charge in [0.25, 0.3) is 0 Å². The SMILES string of the molecule is CC1CCCCN1CCCNC1CCC2CCCCC2C1. The maximum atomic E-state index is 3.88. The molecule has 1 N–H and O–H groups in total. The first-order chi connectivity index (χ1) is 10.3. The van der Waals surface area contributed by atoms with Gasteiger partial charge in [0, 0.05) is 12.1 Å². The van der Waals surface area contributed by atoms with Crippen molar-refractivity contribution < 1.29 is 0 Å². The highest BCUT2D eigenvalue weighted by atomic mass is 15.2. The van der Waals surface area contributed by atoms with Crippen LogP contribution in [0.2, 0.25) is 0 Å². The fourth-order valence-corrected chi connectivity index (χ4v) is 5.14. The van der Waals surface area contributed by atoms with Gasteiger partial charge in [0.05, 0.1) is 0 Å². The third kappa shape index (κ3) is 4.45. The molecule has 3 fully saturated rings. The summed E-state index contributed by atoms with van der Waals surface area (Å²) in [5.74, 6) is 2.15. The maximum Gasteiger partial charge on any atom is 0.00699 e. The van der Waals surface area contributed by atoms with E-state index >= 15 is 0 Å². The van der Waals surface area contributed by atoms with E-state index < -0.39 is 0 Å². The maximum absolute atomic E-state index is 3.88. The Hall–Kier alpha value is -0.0800. The lowest BCUT2D eigenvalue weighted by Gasteiger charge is -2.39. The first kappa shape index (κ1) is 15.8. The first-order valence-electron chi connectivity index (χ1n) is 9.80. The molecule has 2 heteroatoms. The second-order valence-electron chi connectivity index (χ2n) is 8.00. The number of piperidine rings is 1. The molecule has 2 saturated carbocycles. The molecule has 21 heavy (non-hydrogen) atoms. The van der Waals surface area contributed by atoms with Crippen LogP contribution in [-0.2, 0) is 0 Å². The molecule has 0 spiro atoms. The number of nitrogens with one attached hydrogen (secondary N) is 1. The van der Waals surface area contributed by atoms with E-state index in [1.807, 2.05) is 0 Å². The van der Waals surface area contributed by atoms with Crippen molar-refractivity contribution in [3.63, 3.8) is 0 Å². The third-order valence-electron chi connectivity index (χ3n) is 6.54. The monoisotopic (exact) mass is 292 g/mol. The minimum absolute atomic E-state index is 0.830. The second kappa shape index (κ2) is 7.97. The van der Waals surface area contributed by atoms with Crippen LogP contribution < -0.4 is 5.32 Å². The molecule has 2 aliphatic carbocycles. The molecule has 0 amide bonds. The molecule has 0 radical (unpaired) electrons. The van der Waals surface area contributed by atoms with Crippen molar-refractivity contribution >= 4 is 0 Å². The number of likely N-dealkylation sites (tertiary alicyclic amines) is 1. The van der Waals surface area contributed by atoms with Crippen LogP contribution in [0.1, 0.15) is 77.6 Å². The Morgan fingerprint density at radius 3 is 2.57 bits per heavy atom. The molecule has 4 unspecified atom stereocenters. The van der Waals surface area contributed by atoms with Gasteiger partial charge in [-0.1, -0.05) is 32.1 Å². The van der Waals surface area contributed by atoms with Gasteiger partial charge in [-0.15, -0.1) is 0 Å². The zero-order valence-electron chi connectivity index (χ0n) is 14.2. The topological polar surface area (TPSA) is 15.3 Å². The van der Waals surface area contributed by atoms with Gasteiger partial charge in [-0.3, -0.25) is 0 Å². The fraction of sp³-hybridized carbons (Fsp3) is 1.00. The highest BCUT2D eigenvalue weighted by Gasteiger charge is 2.31. The van der Waals surface area contributed by atoms with Crippen molar-refractivity contribution in [2.45, 2.75) is 89.6 Å². The molecule has 0 aromatic heterocycles. The van der Waals surface area contributed by atoms with E-state index in [1.165, 1.54) is 90.3 Å². The van der Waals surface area contributed by atoms with Gasteiger partial charge in [-0.05, 0) is 76.9 Å². The Morgan fingerprint density at radius 1 is 0.905 bits per heavy atom. The zero-order valence-corrected chi connectivity index (χ0v) is 14.2. The molecule has 0 bridgehead atoms. The lowest BCUT2D eigenvalue weighted by molar-refractivity contribution is 0.138. The molecular formula is C19H36N2. The van der Waals surface area contributed by atoms with E-state index in [0.717, 1.165) is 23.9 Å². The smallest absolute Gasteiger partial charge is 0.00699 e. The number of rotatable bonds is 5. The Balaban J connectivity index is 1.30. The van der Waals surface area contributed by atoms with Crippen LogP contribution in [0.15, 0.2) is 0 Å². The molecule has 1 heterocycles. The van der Waals surface area contributed by atoms with E-state index in [4.69, 9.17) is 0 Å². The van der Waals surface area contributed by atoms with Gasteiger partial charge in [-0.2, -0.15) is 0 Å². The molecule has 0 aromatic carbocycles. The second-order valence-corrected chi connectivity index (χ2v) is 8.00. The predicted molar refractivity (Wildman–Crippen MR) is 90.6 cm³/mol. The molecule has 2 nitrogen and oxygen atoms in total. The van der Waals surface area contributed by atoms with Gasteiger partial charge in [-0.25, -0.2) is 0 Å². The molecule has 3 aliphatic rings. The lowest BCUT2D eigenvalue weighted by atomic mass is 9.69. The molecule has 1 aliphatic heterocycles. The third-order valence-corrected chi connectivity index (χ3v) is 6.54. The summed E-state index contributed by atoms with van der Waals surface area (Å²) < 4.78 is 0. The van der Waals surface area contributed by atoms with Crippen LogP contribution in [-0.4, -0.2) is 36.6 Å². The summed E-state index contributed by atoms with van der Waals surface area (Å²) in [6.45, 7) is 6.31. The Kier molecular flexibility index (Phi) is 5.99. The Morgan fingerprint density at radius 2 is 1.71 bits per heavy atom. The van der Waals surface area contributed by atoms with Crippen LogP contribution in [0.25, 0.3) is 0 Å². The minimum Gasteiger partial charge on any atom is -0.314 e. The Bertz CT molecular complexity index is 304. The molecular weight excluding hydrogens is 256 g/mol. The summed E-state index contributed by atoms with van der Waals surface area (Å²) in [4.78, 5) is 2.71. The normalized spacial score (nSPS) is 38.1. The van der Waals surface area contributed by atoms with Crippen LogP contribution in [0.5, 0.6) is 0 Å². The number of fused-ring (bicyclic) bond motifs is 1. The van der Waals surface area contributed by atoms with Crippen molar-refractivity contribution in [2.75, 3.05) is 19.6 Å². The Labute approximate surface area is 132 Å². The summed E-state index contributed by atoms with van der Waals surface area (Å²) in [5.41, 5.74) is 0. The largest absolute Gasteiger partial charge is 0.314 e. The van der Waals surface area contributed by atoms with Crippen LogP contribution >= 0.6 is 0 Å². The average molecular weight is 293 g/mol. The number of nitrogens with zero attached hydrogens (tertiary/aromatic N) is 1. The molecule has 3 rings (SSSR count). The summed E-state index contributed by atoms with van der Waals surface area (Å²) in [5, 5.41) is 3.88. The highest BCUT2D eigenvalue weighted by Crippen LogP contribution is 2.40. The minimum atomic E-state index is 0.830. The van der Waals surface area contributed by atoms with E-state index in [2.05, 4.69) is 17.1 Å². The van der Waals surface area contributed by atoms with E-state index in [1.54, 1.807) is 0 Å². The van der Waals surface area contributed by atoms with Crippen molar-refractivity contribution in [1.29, 1.82) is 0 Å². The molecule has 0 aromatic rings. The number of hydrogen-bond acceptors (Lipinski definition) is 2. The summed E-state index contributed by atoms with van der Waals surface area (Å²) in [6.07, 6.45) is 16.1. The fourth-order valence-electron chi connectivity index (χ4n) is 5.14. The van der Waals surface area contributed by atoms with Gasteiger partial charge >= 0.3 is 0 Å². The standard InChI is InChI=1S/C19H36N2/c1-16-7-4-5-13-21(16)14-6-12-20-19-11-10-17-8-2-3-9-18(17)15-19/h16-20H,2-15H2,1H3. The van der Waals surface area contributed by atoms with Crippen molar-refractivity contribution in [1.82, 2.24) is 10.2 Å². The summed E-state index contributed by atoms with van der Waals surface area (Å²) in [6, 6.07) is 1.67. The van der Waals surface area contributed by atoms with E-state index in [9.17, 15) is 0 Å². The molecule has 122 valence electrons. The summed E-state index contributed by atoms with van der Waals surface area (Å²) in [7, 11) is 0. The number of hydrogen-bond donors (Lipinski definition) is 1. The average Bonchev–Trinajstić information content (AvgIpc) is 2.53. The predicted octanol–water partition coefficient (Wildman–Crippen LogP) is 4.20. The van der Waals surface area contributed by atoms with Crippen LogP contribution in [0, 0.1) is 11.8 Å². The quantitative estimate of drug-likeness (QED) is 0.764. The van der Waals surface area contributed by atoms with Crippen LogP contribution in [0.4, 0.5) is 0 Å². The zero-order chi connectivity index (χ0) is 14.5. The van der Waals surface area contributed by atoms with E-state index in [-0.39, 0.29) is 0 Å². The molecule has 4 atom stereocenters. The first-order valence-corrected chi connectivity index (χ1v) is 9.80. The lowest BCUT2D eigenvalue weighted by Crippen LogP contribution is -2.41. The van der Waals surface area contributed by atoms with Gasteiger partial charge in [0.2, 0.25) is 0 Å². The van der Waals surface area contributed by atoms with Gasteiger partial charge in [0.15, 0.2) is 0 Å². The van der Waals surface area contributed by atoms with Crippen molar-refractivity contribution in [3.05, 3.63) is 0 Å². The van der Waals surface area contributed by atoms with Crippen molar-refractivity contribution in [2.24, 2.45) is 11.8 Å². The van der Waals surface area contributed by atoms with Gasteiger partial charge < -0.3 is 10.2 Å². The van der Waals surface area contributed by atoms with Crippen LogP contribution in [0.3, 0.4) is 0 Å². The van der Waals surface area contributed by atoms with Crippen molar-refractivity contribution in [3.8, 4) is 0 Å². The van der Waals surface area contributed by atoms with Gasteiger partial charge in [0.1, 0.15) is 0 Å². The molecule has 1 saturated heterocycles. The summed E-state index contributed by atoms with van der Waals surface area (Å²) >= 11 is 0. The highest BCUT2D eigenvalue weighted by molar-refractivity contribution is 4.86. The van der Waals surface area contributed by atoms with E-state index in [0.29, 0.717) is 0 Å².